The van der Waals surface area contributed by atoms with Crippen molar-refractivity contribution >= 4 is 44.9 Å². The third-order valence-corrected chi connectivity index (χ3v) is 8.56. The lowest BCUT2D eigenvalue weighted by Crippen LogP contribution is -2.30. The van der Waals surface area contributed by atoms with Gasteiger partial charge in [0.1, 0.15) is 17.3 Å². The lowest BCUT2D eigenvalue weighted by molar-refractivity contribution is -0.0429. The molecule has 0 aliphatic heterocycles. The van der Waals surface area contributed by atoms with Crippen molar-refractivity contribution in [1.82, 2.24) is 9.55 Å². The Morgan fingerprint density at radius 2 is 1.57 bits per heavy atom. The van der Waals surface area contributed by atoms with Crippen molar-refractivity contribution < 1.29 is 36.2 Å². The Hall–Kier alpha value is -4.52. The molecule has 0 saturated heterocycles. The monoisotopic (exact) mass is 689 g/mol. The molecule has 238 valence electrons. The minimum Gasteiger partial charge on any atom is -0.478 e. The quantitative estimate of drug-likeness (QED) is 0.152. The van der Waals surface area contributed by atoms with E-state index in [1.807, 2.05) is 43.5 Å². The fraction of sp³-hybridized carbons (Fsp3) is 0.125. The van der Waals surface area contributed by atoms with Crippen molar-refractivity contribution in [2.24, 2.45) is 0 Å². The highest BCUT2D eigenvalue weighted by molar-refractivity contribution is 7.93. The molecule has 5 rings (SSSR count). The average molecular weight is 691 g/mol. The third kappa shape index (κ3) is 7.30. The number of carboxylic acids is 1. The zero-order valence-corrected chi connectivity index (χ0v) is 26.2. The van der Waals surface area contributed by atoms with Gasteiger partial charge in [-0.1, -0.05) is 59.6 Å². The van der Waals surface area contributed by atoms with Crippen molar-refractivity contribution in [3.8, 4) is 33.9 Å². The molecule has 0 saturated carbocycles. The molecule has 5 aromatic rings. The van der Waals surface area contributed by atoms with Crippen LogP contribution in [-0.4, -0.2) is 34.6 Å². The van der Waals surface area contributed by atoms with Gasteiger partial charge in [0.05, 0.1) is 22.0 Å². The van der Waals surface area contributed by atoms with Crippen LogP contribution in [0.1, 0.15) is 28.7 Å². The molecule has 4 aromatic carbocycles. The van der Waals surface area contributed by atoms with Crippen LogP contribution in [-0.2, 0) is 23.0 Å². The van der Waals surface area contributed by atoms with Crippen LogP contribution in [0.5, 0.6) is 11.5 Å². The molecule has 46 heavy (non-hydrogen) atoms. The third-order valence-electron chi connectivity index (χ3n) is 6.92. The number of anilines is 1. The summed E-state index contributed by atoms with van der Waals surface area (Å²) in [5, 5.41) is 10.4. The van der Waals surface area contributed by atoms with Gasteiger partial charge in [-0.15, -0.1) is 0 Å². The van der Waals surface area contributed by atoms with Crippen LogP contribution in [0, 0.1) is 0 Å². The highest BCUT2D eigenvalue weighted by atomic mass is 35.5. The molecular weight excluding hydrogens is 666 g/mol. The molecule has 0 amide bonds. The summed E-state index contributed by atoms with van der Waals surface area (Å²) >= 11 is 12.4. The van der Waals surface area contributed by atoms with E-state index < -0.39 is 32.8 Å². The Kier molecular flexibility index (Phi) is 9.34. The molecule has 0 atom stereocenters. The van der Waals surface area contributed by atoms with E-state index in [9.17, 15) is 31.5 Å². The Balaban J connectivity index is 1.29. The number of hydrogen-bond acceptors (Lipinski definition) is 5. The largest absolute Gasteiger partial charge is 0.516 e. The van der Waals surface area contributed by atoms with Gasteiger partial charge in [0, 0.05) is 35.8 Å². The smallest absolute Gasteiger partial charge is 0.478 e. The van der Waals surface area contributed by atoms with E-state index in [2.05, 4.69) is 4.57 Å². The molecule has 1 heterocycles. The number of sulfonamides is 1. The second-order valence-electron chi connectivity index (χ2n) is 10.0. The van der Waals surface area contributed by atoms with E-state index in [4.69, 9.17) is 32.9 Å². The highest BCUT2D eigenvalue weighted by Gasteiger charge is 2.46. The second kappa shape index (κ2) is 13.1. The molecule has 0 unspecified atom stereocenters. The van der Waals surface area contributed by atoms with Crippen molar-refractivity contribution in [3.63, 3.8) is 0 Å². The van der Waals surface area contributed by atoms with Crippen LogP contribution >= 0.6 is 23.2 Å². The summed E-state index contributed by atoms with van der Waals surface area (Å²) in [5.41, 5.74) is -2.73. The molecule has 0 fully saturated rings. The summed E-state index contributed by atoms with van der Waals surface area (Å²) in [6, 6.07) is 23.0. The zero-order chi connectivity index (χ0) is 33.2. The molecule has 0 bridgehead atoms. The number of benzene rings is 4. The van der Waals surface area contributed by atoms with Gasteiger partial charge in [0.15, 0.2) is 0 Å². The number of carboxylic acid groups (broad SMARTS) is 1. The summed E-state index contributed by atoms with van der Waals surface area (Å²) in [4.78, 5) is 16.3. The van der Waals surface area contributed by atoms with Gasteiger partial charge in [-0.05, 0) is 66.1 Å². The molecule has 2 N–H and O–H groups in total. The van der Waals surface area contributed by atoms with Gasteiger partial charge in [0.25, 0.3) is 0 Å². The fourth-order valence-electron chi connectivity index (χ4n) is 4.61. The molecule has 0 aliphatic rings. The van der Waals surface area contributed by atoms with Crippen molar-refractivity contribution in [2.45, 2.75) is 25.4 Å². The van der Waals surface area contributed by atoms with Crippen LogP contribution in [0.15, 0.2) is 91.1 Å². The van der Waals surface area contributed by atoms with Crippen molar-refractivity contribution in [3.05, 3.63) is 118 Å². The van der Waals surface area contributed by atoms with Crippen LogP contribution in [0.25, 0.3) is 22.4 Å². The average Bonchev–Trinajstić information content (AvgIpc) is 3.39. The maximum Gasteiger partial charge on any atom is 0.516 e. The van der Waals surface area contributed by atoms with Gasteiger partial charge in [-0.3, -0.25) is 4.72 Å². The van der Waals surface area contributed by atoms with Gasteiger partial charge in [0.2, 0.25) is 0 Å². The number of nitrogens with zero attached hydrogens (tertiary/aromatic N) is 2. The number of hydrogen-bond donors (Lipinski definition) is 2. The SMILES string of the molecule is CCn1cc(-c2ccc(Cl)cc2Cl)nc1Cc1ccc(-c2ccc(Oc3ccc(C(=O)O)c(NS(=O)(=O)C(F)(F)F)c3)cc2)cc1. The Labute approximate surface area is 272 Å². The number of aromatic nitrogens is 2. The molecule has 8 nitrogen and oxygen atoms in total. The molecule has 0 aliphatic carbocycles. The van der Waals surface area contributed by atoms with Gasteiger partial charge < -0.3 is 14.4 Å². The van der Waals surface area contributed by atoms with Crippen LogP contribution in [0.2, 0.25) is 10.0 Å². The standard InChI is InChI=1S/C32H24Cl2F3N3O5S/c1-2-40-18-29(25-13-9-22(33)16-27(25)34)38-30(40)15-19-3-5-20(6-4-19)21-7-10-23(11-8-21)45-24-12-14-26(31(41)42)28(17-24)39-46(43,44)32(35,36)37/h3-14,16-18,39H,2,15H2,1H3,(H,41,42). The highest BCUT2D eigenvalue weighted by Crippen LogP contribution is 2.33. The van der Waals surface area contributed by atoms with Crippen molar-refractivity contribution in [1.29, 1.82) is 0 Å². The summed E-state index contributed by atoms with van der Waals surface area (Å²) in [5.74, 6) is -0.529. The number of imidazole rings is 1. The van der Waals surface area contributed by atoms with E-state index in [1.54, 1.807) is 36.4 Å². The lowest BCUT2D eigenvalue weighted by atomic mass is 10.0. The Morgan fingerprint density at radius 3 is 2.15 bits per heavy atom. The minimum atomic E-state index is -5.85. The first-order valence-electron chi connectivity index (χ1n) is 13.6. The van der Waals surface area contributed by atoms with Crippen molar-refractivity contribution in [2.75, 3.05) is 4.72 Å². The first kappa shape index (κ1) is 32.9. The van der Waals surface area contributed by atoms with Crippen LogP contribution in [0.4, 0.5) is 18.9 Å². The topological polar surface area (TPSA) is 111 Å². The maximum absolute atomic E-state index is 12.9. The first-order valence-corrected chi connectivity index (χ1v) is 15.8. The number of rotatable bonds is 10. The number of carbonyl (C=O) groups is 1. The minimum absolute atomic E-state index is 0.0751. The Bertz CT molecular complexity index is 2010. The molecule has 1 aromatic heterocycles. The van der Waals surface area contributed by atoms with E-state index in [-0.39, 0.29) is 11.5 Å². The van der Waals surface area contributed by atoms with Gasteiger partial charge in [-0.25, -0.2) is 9.78 Å². The predicted octanol–water partition coefficient (Wildman–Crippen LogP) is 8.89. The van der Waals surface area contributed by atoms with Gasteiger partial charge in [-0.2, -0.15) is 21.6 Å². The predicted molar refractivity (Wildman–Crippen MR) is 170 cm³/mol. The molecule has 0 spiro atoms. The van der Waals surface area contributed by atoms with Gasteiger partial charge >= 0.3 is 21.5 Å². The zero-order valence-electron chi connectivity index (χ0n) is 23.8. The van der Waals surface area contributed by atoms with E-state index in [0.717, 1.165) is 52.4 Å². The van der Waals surface area contributed by atoms with E-state index in [1.165, 1.54) is 10.8 Å². The fourth-order valence-corrected chi connectivity index (χ4v) is 5.69. The first-order chi connectivity index (χ1) is 21.7. The Morgan fingerprint density at radius 1 is 0.935 bits per heavy atom. The molecular formula is C32H24Cl2F3N3O5S. The summed E-state index contributed by atoms with van der Waals surface area (Å²) < 4.78 is 70.8. The number of alkyl halides is 3. The second-order valence-corrected chi connectivity index (χ2v) is 12.5. The summed E-state index contributed by atoms with van der Waals surface area (Å²) in [7, 11) is -5.85. The number of aryl methyl sites for hydroxylation is 1. The van der Waals surface area contributed by atoms with E-state index in [0.29, 0.717) is 16.5 Å². The normalized spacial score (nSPS) is 11.8. The van der Waals surface area contributed by atoms with E-state index >= 15 is 0 Å². The summed E-state index contributed by atoms with van der Waals surface area (Å²) in [6.07, 6.45) is 2.55. The summed E-state index contributed by atoms with van der Waals surface area (Å²) in [6.45, 7) is 2.77. The number of aromatic carboxylic acids is 1. The maximum atomic E-state index is 12.9. The number of nitrogens with one attached hydrogen (secondary N) is 1. The van der Waals surface area contributed by atoms with Crippen LogP contribution < -0.4 is 9.46 Å². The van der Waals surface area contributed by atoms with Crippen LogP contribution in [0.3, 0.4) is 0 Å². The molecule has 14 heteroatoms. The number of ether oxygens (including phenoxy) is 1. The molecule has 0 radical (unpaired) electrons. The number of halogens is 5. The lowest BCUT2D eigenvalue weighted by Gasteiger charge is -2.14.